The molecule has 24 heavy (non-hydrogen) atoms. The van der Waals surface area contributed by atoms with E-state index in [0.29, 0.717) is 30.5 Å². The highest BCUT2D eigenvalue weighted by molar-refractivity contribution is 7.89. The highest BCUT2D eigenvalue weighted by Crippen LogP contribution is 2.30. The third kappa shape index (κ3) is 3.47. The fourth-order valence-electron chi connectivity index (χ4n) is 2.48. The minimum Gasteiger partial charge on any atom is -0.496 e. The fourth-order valence-corrected chi connectivity index (χ4v) is 3.58. The van der Waals surface area contributed by atoms with Crippen LogP contribution in [-0.4, -0.2) is 28.7 Å². The number of benzene rings is 2. The van der Waals surface area contributed by atoms with Crippen molar-refractivity contribution in [3.63, 3.8) is 0 Å². The summed E-state index contributed by atoms with van der Waals surface area (Å²) in [6.45, 7) is 2.99. The van der Waals surface area contributed by atoms with Crippen molar-refractivity contribution in [2.24, 2.45) is 0 Å². The van der Waals surface area contributed by atoms with Crippen molar-refractivity contribution in [1.82, 2.24) is 4.72 Å². The molecule has 0 atom stereocenters. The number of sulfonamides is 1. The van der Waals surface area contributed by atoms with Gasteiger partial charge in [0.2, 0.25) is 10.0 Å². The summed E-state index contributed by atoms with van der Waals surface area (Å²) in [5.41, 5.74) is 1.56. The van der Waals surface area contributed by atoms with Gasteiger partial charge in [-0.05, 0) is 48.4 Å². The van der Waals surface area contributed by atoms with E-state index in [1.807, 2.05) is 6.07 Å². The van der Waals surface area contributed by atoms with Crippen LogP contribution in [-0.2, 0) is 16.6 Å². The lowest BCUT2D eigenvalue weighted by Gasteiger charge is -2.19. The number of hydrogen-bond donors (Lipinski definition) is 1. The summed E-state index contributed by atoms with van der Waals surface area (Å²) in [5, 5.41) is 0. The minimum absolute atomic E-state index is 0.171. The van der Waals surface area contributed by atoms with Crippen molar-refractivity contribution in [3.05, 3.63) is 47.5 Å². The van der Waals surface area contributed by atoms with Crippen molar-refractivity contribution in [3.8, 4) is 17.2 Å². The molecule has 0 fully saturated rings. The molecule has 0 saturated carbocycles. The fraction of sp³-hybridized carbons (Fsp3) is 0.294. The van der Waals surface area contributed by atoms with Gasteiger partial charge in [-0.25, -0.2) is 13.1 Å². The van der Waals surface area contributed by atoms with Crippen LogP contribution in [0.3, 0.4) is 0 Å². The zero-order valence-corrected chi connectivity index (χ0v) is 14.4. The third-order valence-electron chi connectivity index (χ3n) is 3.75. The average Bonchev–Trinajstić information content (AvgIpc) is 2.60. The number of rotatable bonds is 5. The van der Waals surface area contributed by atoms with Crippen molar-refractivity contribution in [2.75, 3.05) is 20.3 Å². The number of hydrogen-bond acceptors (Lipinski definition) is 5. The highest BCUT2D eigenvalue weighted by Gasteiger charge is 2.16. The molecule has 1 aliphatic rings. The van der Waals surface area contributed by atoms with E-state index >= 15 is 0 Å². The van der Waals surface area contributed by atoms with E-state index in [-0.39, 0.29) is 11.4 Å². The summed E-state index contributed by atoms with van der Waals surface area (Å²) in [6, 6.07) is 10.2. The van der Waals surface area contributed by atoms with Gasteiger partial charge >= 0.3 is 0 Å². The van der Waals surface area contributed by atoms with Crippen molar-refractivity contribution >= 4 is 10.0 Å². The number of methoxy groups -OCH3 is 1. The molecule has 0 saturated heterocycles. The quantitative estimate of drug-likeness (QED) is 0.896. The highest BCUT2D eigenvalue weighted by atomic mass is 32.2. The first-order valence-electron chi connectivity index (χ1n) is 7.52. The van der Waals surface area contributed by atoms with Crippen LogP contribution in [0.4, 0.5) is 0 Å². The van der Waals surface area contributed by atoms with Crippen LogP contribution < -0.4 is 18.9 Å². The van der Waals surface area contributed by atoms with Gasteiger partial charge < -0.3 is 14.2 Å². The van der Waals surface area contributed by atoms with Crippen LogP contribution in [0, 0.1) is 6.92 Å². The third-order valence-corrected chi connectivity index (χ3v) is 5.15. The van der Waals surface area contributed by atoms with Gasteiger partial charge in [0.15, 0.2) is 11.5 Å². The molecule has 7 heteroatoms. The molecule has 2 aromatic carbocycles. The van der Waals surface area contributed by atoms with Gasteiger partial charge in [-0.3, -0.25) is 0 Å². The standard InChI is InChI=1S/C17H19NO5S/c1-12-9-14(4-6-15(12)21-2)24(19,20)18-11-13-3-5-16-17(10-13)23-8-7-22-16/h3-6,9-10,18H,7-8,11H2,1-2H3. The van der Waals surface area contributed by atoms with Crippen molar-refractivity contribution < 1.29 is 22.6 Å². The predicted molar refractivity (Wildman–Crippen MR) is 89.2 cm³/mol. The molecule has 0 unspecified atom stereocenters. The predicted octanol–water partition coefficient (Wildman–Crippen LogP) is 2.25. The Hall–Kier alpha value is -2.25. The Morgan fingerprint density at radius 1 is 1.08 bits per heavy atom. The van der Waals surface area contributed by atoms with Gasteiger partial charge in [-0.15, -0.1) is 0 Å². The van der Waals surface area contributed by atoms with Gasteiger partial charge in [-0.2, -0.15) is 0 Å². The Bertz CT molecular complexity index is 848. The van der Waals surface area contributed by atoms with Gasteiger partial charge in [0, 0.05) is 6.54 Å². The molecule has 128 valence electrons. The maximum absolute atomic E-state index is 12.4. The lowest BCUT2D eigenvalue weighted by Crippen LogP contribution is -2.23. The summed E-state index contributed by atoms with van der Waals surface area (Å²) in [7, 11) is -2.05. The lowest BCUT2D eigenvalue weighted by atomic mass is 10.2. The van der Waals surface area contributed by atoms with Crippen LogP contribution in [0.15, 0.2) is 41.3 Å². The normalized spacial score (nSPS) is 13.6. The van der Waals surface area contributed by atoms with Crippen LogP contribution in [0.1, 0.15) is 11.1 Å². The van der Waals surface area contributed by atoms with Gasteiger partial charge in [0.25, 0.3) is 0 Å². The van der Waals surface area contributed by atoms with E-state index in [1.165, 1.54) is 6.07 Å². The van der Waals surface area contributed by atoms with Crippen LogP contribution in [0.5, 0.6) is 17.2 Å². The van der Waals surface area contributed by atoms with E-state index < -0.39 is 10.0 Å². The lowest BCUT2D eigenvalue weighted by molar-refractivity contribution is 0.171. The molecule has 3 rings (SSSR count). The van der Waals surface area contributed by atoms with Crippen LogP contribution in [0.25, 0.3) is 0 Å². The zero-order valence-electron chi connectivity index (χ0n) is 13.5. The second kappa shape index (κ2) is 6.70. The number of nitrogens with one attached hydrogen (secondary N) is 1. The van der Waals surface area contributed by atoms with Crippen molar-refractivity contribution in [1.29, 1.82) is 0 Å². The Morgan fingerprint density at radius 2 is 1.83 bits per heavy atom. The molecule has 0 amide bonds. The Balaban J connectivity index is 1.74. The maximum Gasteiger partial charge on any atom is 0.240 e. The van der Waals surface area contributed by atoms with Gasteiger partial charge in [-0.1, -0.05) is 6.07 Å². The van der Waals surface area contributed by atoms with Crippen LogP contribution >= 0.6 is 0 Å². The number of aryl methyl sites for hydroxylation is 1. The monoisotopic (exact) mass is 349 g/mol. The first kappa shape index (κ1) is 16.6. The molecular formula is C17H19NO5S. The first-order valence-corrected chi connectivity index (χ1v) is 9.01. The summed E-state index contributed by atoms with van der Waals surface area (Å²) >= 11 is 0. The second-order valence-corrected chi connectivity index (χ2v) is 7.20. The van der Waals surface area contributed by atoms with Crippen molar-refractivity contribution in [2.45, 2.75) is 18.4 Å². The van der Waals surface area contributed by atoms with Gasteiger partial charge in [0.1, 0.15) is 19.0 Å². The molecule has 0 spiro atoms. The Morgan fingerprint density at radius 3 is 2.54 bits per heavy atom. The summed E-state index contributed by atoms with van der Waals surface area (Å²) in [4.78, 5) is 0.207. The Kier molecular flexibility index (Phi) is 4.64. The average molecular weight is 349 g/mol. The topological polar surface area (TPSA) is 73.9 Å². The van der Waals surface area contributed by atoms with E-state index in [0.717, 1.165) is 11.1 Å². The molecular weight excluding hydrogens is 330 g/mol. The molecule has 6 nitrogen and oxygen atoms in total. The van der Waals surface area contributed by atoms with Gasteiger partial charge in [0.05, 0.1) is 12.0 Å². The summed E-state index contributed by atoms with van der Waals surface area (Å²) in [6.07, 6.45) is 0. The molecule has 0 aliphatic carbocycles. The molecule has 0 bridgehead atoms. The SMILES string of the molecule is COc1ccc(S(=O)(=O)NCc2ccc3c(c2)OCCO3)cc1C. The number of fused-ring (bicyclic) bond motifs is 1. The molecule has 0 aromatic heterocycles. The molecule has 1 heterocycles. The minimum atomic E-state index is -3.60. The summed E-state index contributed by atoms with van der Waals surface area (Å²) < 4.78 is 43.6. The maximum atomic E-state index is 12.4. The van der Waals surface area contributed by atoms with E-state index in [1.54, 1.807) is 38.3 Å². The second-order valence-electron chi connectivity index (χ2n) is 5.43. The summed E-state index contributed by atoms with van der Waals surface area (Å²) in [5.74, 6) is 1.97. The van der Waals surface area contributed by atoms with Crippen LogP contribution in [0.2, 0.25) is 0 Å². The van der Waals surface area contributed by atoms with E-state index in [4.69, 9.17) is 14.2 Å². The molecule has 2 aromatic rings. The molecule has 1 aliphatic heterocycles. The van der Waals surface area contributed by atoms with E-state index in [2.05, 4.69) is 4.72 Å². The largest absolute Gasteiger partial charge is 0.496 e. The zero-order chi connectivity index (χ0) is 17.2. The first-order chi connectivity index (χ1) is 11.5. The number of ether oxygens (including phenoxy) is 3. The molecule has 1 N–H and O–H groups in total. The smallest absolute Gasteiger partial charge is 0.240 e. The van der Waals surface area contributed by atoms with E-state index in [9.17, 15) is 8.42 Å². The Labute approximate surface area is 141 Å². The molecule has 0 radical (unpaired) electrons.